The second-order valence-corrected chi connectivity index (χ2v) is 10.3. The summed E-state index contributed by atoms with van der Waals surface area (Å²) < 4.78 is 29.4. The molecular weight excluding hydrogens is 442 g/mol. The van der Waals surface area contributed by atoms with Crippen molar-refractivity contribution in [2.45, 2.75) is 76.5 Å². The predicted octanol–water partition coefficient (Wildman–Crippen LogP) is 7.88. The van der Waals surface area contributed by atoms with Crippen molar-refractivity contribution in [3.05, 3.63) is 82.9 Å². The van der Waals surface area contributed by atoms with Crippen molar-refractivity contribution < 1.29 is 18.6 Å². The number of hydrogen-bond donors (Lipinski definition) is 1. The van der Waals surface area contributed by atoms with E-state index in [4.69, 9.17) is 4.74 Å². The first-order valence-electron chi connectivity index (χ1n) is 13.3. The van der Waals surface area contributed by atoms with E-state index in [-0.39, 0.29) is 12.5 Å². The lowest BCUT2D eigenvalue weighted by Gasteiger charge is -2.29. The van der Waals surface area contributed by atoms with Gasteiger partial charge in [0.05, 0.1) is 6.61 Å². The zero-order valence-corrected chi connectivity index (χ0v) is 21.2. The quantitative estimate of drug-likeness (QED) is 0.276. The molecule has 4 heteroatoms. The Labute approximate surface area is 210 Å². The summed E-state index contributed by atoms with van der Waals surface area (Å²) in [5.41, 5.74) is 5.43. The van der Waals surface area contributed by atoms with E-state index >= 15 is 0 Å². The third kappa shape index (κ3) is 9.85. The topological polar surface area (TPSA) is 29.5 Å². The van der Waals surface area contributed by atoms with Crippen LogP contribution < -0.4 is 0 Å². The SMILES string of the molecule is COCC(CO)Cc1ccc(CCc2ccc(C3CCC(CCCCC=C(F)F)CC3)cc2)cc1. The van der Waals surface area contributed by atoms with Gasteiger partial charge in [0.1, 0.15) is 0 Å². The number of rotatable bonds is 14. The van der Waals surface area contributed by atoms with Gasteiger partial charge in [0, 0.05) is 19.6 Å². The molecule has 0 amide bonds. The van der Waals surface area contributed by atoms with E-state index in [2.05, 4.69) is 48.5 Å². The van der Waals surface area contributed by atoms with Gasteiger partial charge in [0.15, 0.2) is 0 Å². The van der Waals surface area contributed by atoms with Crippen LogP contribution >= 0.6 is 0 Å². The molecule has 3 rings (SSSR count). The molecule has 0 heterocycles. The fourth-order valence-corrected chi connectivity index (χ4v) is 5.41. The number of allylic oxidation sites excluding steroid dienone is 1. The molecule has 35 heavy (non-hydrogen) atoms. The predicted molar refractivity (Wildman–Crippen MR) is 140 cm³/mol. The average Bonchev–Trinajstić information content (AvgIpc) is 2.88. The van der Waals surface area contributed by atoms with Crippen LogP contribution in [0.25, 0.3) is 0 Å². The van der Waals surface area contributed by atoms with E-state index in [1.54, 1.807) is 7.11 Å². The van der Waals surface area contributed by atoms with E-state index in [0.717, 1.165) is 44.1 Å². The smallest absolute Gasteiger partial charge is 0.266 e. The van der Waals surface area contributed by atoms with Gasteiger partial charge < -0.3 is 9.84 Å². The summed E-state index contributed by atoms with van der Waals surface area (Å²) in [6.45, 7) is 0.733. The lowest BCUT2D eigenvalue weighted by molar-refractivity contribution is 0.110. The van der Waals surface area contributed by atoms with E-state index in [9.17, 15) is 13.9 Å². The van der Waals surface area contributed by atoms with Crippen molar-refractivity contribution in [3.8, 4) is 0 Å². The number of unbranched alkanes of at least 4 members (excludes halogenated alkanes) is 2. The molecule has 0 bridgehead atoms. The van der Waals surface area contributed by atoms with E-state index in [0.29, 0.717) is 18.9 Å². The van der Waals surface area contributed by atoms with Crippen LogP contribution in [0.15, 0.2) is 60.7 Å². The van der Waals surface area contributed by atoms with Crippen molar-refractivity contribution in [2.24, 2.45) is 11.8 Å². The molecule has 0 spiro atoms. The summed E-state index contributed by atoms with van der Waals surface area (Å²) >= 11 is 0. The van der Waals surface area contributed by atoms with Gasteiger partial charge in [0.25, 0.3) is 6.08 Å². The maximum Gasteiger partial charge on any atom is 0.266 e. The van der Waals surface area contributed by atoms with Gasteiger partial charge in [-0.2, -0.15) is 8.78 Å². The molecule has 0 radical (unpaired) electrons. The van der Waals surface area contributed by atoms with Crippen LogP contribution in [0, 0.1) is 11.8 Å². The van der Waals surface area contributed by atoms with Crippen molar-refractivity contribution in [1.29, 1.82) is 0 Å². The number of aliphatic hydroxyl groups is 1. The lowest BCUT2D eigenvalue weighted by atomic mass is 9.77. The normalized spacial score (nSPS) is 18.9. The third-order valence-corrected chi connectivity index (χ3v) is 7.57. The van der Waals surface area contributed by atoms with Crippen LogP contribution in [-0.4, -0.2) is 25.4 Å². The zero-order chi connectivity index (χ0) is 24.9. The summed E-state index contributed by atoms with van der Waals surface area (Å²) in [6, 6.07) is 18.0. The van der Waals surface area contributed by atoms with E-state index in [1.807, 2.05) is 0 Å². The highest BCUT2D eigenvalue weighted by molar-refractivity contribution is 5.28. The highest BCUT2D eigenvalue weighted by Crippen LogP contribution is 2.37. The van der Waals surface area contributed by atoms with Gasteiger partial charge in [-0.05, 0) is 98.0 Å². The molecule has 1 saturated carbocycles. The second-order valence-electron chi connectivity index (χ2n) is 10.3. The summed E-state index contributed by atoms with van der Waals surface area (Å²) in [6.07, 6.45) is 11.1. The minimum absolute atomic E-state index is 0.150. The van der Waals surface area contributed by atoms with Crippen LogP contribution in [0.4, 0.5) is 8.78 Å². The third-order valence-electron chi connectivity index (χ3n) is 7.57. The summed E-state index contributed by atoms with van der Waals surface area (Å²) in [7, 11) is 1.68. The Hall–Kier alpha value is -2.04. The Morgan fingerprint density at radius 2 is 1.51 bits per heavy atom. The number of hydrogen-bond acceptors (Lipinski definition) is 2. The molecule has 2 aromatic rings. The van der Waals surface area contributed by atoms with Gasteiger partial charge in [-0.1, -0.05) is 61.4 Å². The highest BCUT2D eigenvalue weighted by atomic mass is 19.3. The van der Waals surface area contributed by atoms with Crippen LogP contribution in [0.2, 0.25) is 0 Å². The van der Waals surface area contributed by atoms with Crippen LogP contribution in [0.1, 0.15) is 79.5 Å². The Morgan fingerprint density at radius 1 is 0.914 bits per heavy atom. The zero-order valence-electron chi connectivity index (χ0n) is 21.2. The first-order valence-corrected chi connectivity index (χ1v) is 13.3. The summed E-state index contributed by atoms with van der Waals surface area (Å²) in [5.74, 6) is 1.59. The fourth-order valence-electron chi connectivity index (χ4n) is 5.41. The number of halogens is 2. The molecule has 1 atom stereocenters. The largest absolute Gasteiger partial charge is 0.396 e. The highest BCUT2D eigenvalue weighted by Gasteiger charge is 2.22. The molecule has 1 unspecified atom stereocenters. The minimum atomic E-state index is -1.54. The Bertz CT molecular complexity index is 864. The molecule has 2 aromatic carbocycles. The molecular formula is C31H42F2O2. The van der Waals surface area contributed by atoms with Crippen molar-refractivity contribution in [1.82, 2.24) is 0 Å². The number of benzene rings is 2. The first kappa shape index (κ1) is 27.5. The van der Waals surface area contributed by atoms with E-state index < -0.39 is 6.08 Å². The van der Waals surface area contributed by atoms with E-state index in [1.165, 1.54) is 54.4 Å². The molecule has 0 aromatic heterocycles. The number of methoxy groups -OCH3 is 1. The standard InChI is InChI=1S/C31H42F2O2/c1-35-23-28(22-34)21-27-11-9-25(10-12-27)7-8-26-15-19-30(20-16-26)29-17-13-24(14-18-29)5-3-2-4-6-31(32)33/h6,9-12,15-16,19-20,24,28-29,34H,2-5,7-8,13-14,17-18,21-23H2,1H3. The van der Waals surface area contributed by atoms with Crippen LogP contribution in [0.3, 0.4) is 0 Å². The molecule has 2 nitrogen and oxygen atoms in total. The van der Waals surface area contributed by atoms with Crippen molar-refractivity contribution in [2.75, 3.05) is 20.3 Å². The maximum absolute atomic E-state index is 12.1. The molecule has 1 N–H and O–H groups in total. The number of aryl methyl sites for hydroxylation is 2. The maximum atomic E-state index is 12.1. The van der Waals surface area contributed by atoms with Crippen molar-refractivity contribution >= 4 is 0 Å². The Kier molecular flexibility index (Phi) is 11.9. The van der Waals surface area contributed by atoms with Crippen molar-refractivity contribution in [3.63, 3.8) is 0 Å². The minimum Gasteiger partial charge on any atom is -0.396 e. The van der Waals surface area contributed by atoms with Gasteiger partial charge in [-0.25, -0.2) is 0 Å². The second kappa shape index (κ2) is 15.2. The Balaban J connectivity index is 1.38. The molecule has 1 fully saturated rings. The van der Waals surface area contributed by atoms with Crippen LogP contribution in [0.5, 0.6) is 0 Å². The number of ether oxygens (including phenoxy) is 1. The molecule has 1 aliphatic carbocycles. The lowest BCUT2D eigenvalue weighted by Crippen LogP contribution is -2.15. The molecule has 192 valence electrons. The molecule has 0 aliphatic heterocycles. The summed E-state index contributed by atoms with van der Waals surface area (Å²) in [5, 5.41) is 9.46. The van der Waals surface area contributed by atoms with Gasteiger partial charge in [-0.15, -0.1) is 0 Å². The molecule has 1 aliphatic rings. The number of aliphatic hydroxyl groups excluding tert-OH is 1. The summed E-state index contributed by atoms with van der Waals surface area (Å²) in [4.78, 5) is 0. The average molecular weight is 485 g/mol. The van der Waals surface area contributed by atoms with Gasteiger partial charge >= 0.3 is 0 Å². The molecule has 0 saturated heterocycles. The Morgan fingerprint density at radius 3 is 2.09 bits per heavy atom. The van der Waals surface area contributed by atoms with Crippen LogP contribution in [-0.2, 0) is 24.0 Å². The fraction of sp³-hybridized carbons (Fsp3) is 0.548. The van der Waals surface area contributed by atoms with Gasteiger partial charge in [-0.3, -0.25) is 0 Å². The first-order chi connectivity index (χ1) is 17.1. The monoisotopic (exact) mass is 484 g/mol. The van der Waals surface area contributed by atoms with Gasteiger partial charge in [0.2, 0.25) is 0 Å².